The number of hydrogen-bond donors (Lipinski definition) is 0. The van der Waals surface area contributed by atoms with E-state index in [1.165, 1.54) is 28.8 Å². The van der Waals surface area contributed by atoms with Crippen LogP contribution >= 0.6 is 24.0 Å². The van der Waals surface area contributed by atoms with E-state index in [1.807, 2.05) is 6.07 Å². The summed E-state index contributed by atoms with van der Waals surface area (Å²) in [7, 11) is 0. The van der Waals surface area contributed by atoms with Crippen LogP contribution in [0.3, 0.4) is 0 Å². The van der Waals surface area contributed by atoms with E-state index in [-0.39, 0.29) is 5.91 Å². The Kier molecular flexibility index (Phi) is 4.22. The fraction of sp³-hybridized carbons (Fsp3) is 0. The topological polar surface area (TPSA) is 33.5 Å². The Bertz CT molecular complexity index is 781. The van der Waals surface area contributed by atoms with Crippen molar-refractivity contribution in [3.8, 4) is 0 Å². The molecule has 0 aliphatic carbocycles. The molecule has 0 bridgehead atoms. The van der Waals surface area contributed by atoms with Crippen LogP contribution in [0.25, 0.3) is 6.08 Å². The van der Waals surface area contributed by atoms with Crippen molar-refractivity contribution < 1.29 is 13.6 Å². The van der Waals surface area contributed by atoms with Crippen molar-refractivity contribution in [1.82, 2.24) is 0 Å². The van der Waals surface area contributed by atoms with Gasteiger partial charge in [0.25, 0.3) is 5.91 Å². The van der Waals surface area contributed by atoms with Crippen molar-refractivity contribution in [3.05, 3.63) is 71.3 Å². The van der Waals surface area contributed by atoms with Gasteiger partial charge >= 0.3 is 0 Å². The lowest BCUT2D eigenvalue weighted by Crippen LogP contribution is -2.27. The van der Waals surface area contributed by atoms with Crippen LogP contribution in [-0.2, 0) is 4.79 Å². The number of furan rings is 1. The first-order valence-corrected chi connectivity index (χ1v) is 7.61. The summed E-state index contributed by atoms with van der Waals surface area (Å²) >= 11 is 6.40. The number of allylic oxidation sites excluding steroid dienone is 2. The summed E-state index contributed by atoms with van der Waals surface area (Å²) in [6.45, 7) is 0. The van der Waals surface area contributed by atoms with Gasteiger partial charge in [-0.05, 0) is 42.5 Å². The number of benzene rings is 1. The molecule has 0 N–H and O–H groups in total. The zero-order chi connectivity index (χ0) is 15.5. The molecule has 110 valence electrons. The van der Waals surface area contributed by atoms with Gasteiger partial charge in [0.2, 0.25) is 0 Å². The summed E-state index contributed by atoms with van der Waals surface area (Å²) in [6, 6.07) is 9.39. The predicted octanol–water partition coefficient (Wildman–Crippen LogP) is 4.38. The monoisotopic (exact) mass is 331 g/mol. The molecule has 0 atom stereocenters. The molecular formula is C16H10FNO2S2. The fourth-order valence-corrected chi connectivity index (χ4v) is 3.19. The highest BCUT2D eigenvalue weighted by Crippen LogP contribution is 2.35. The van der Waals surface area contributed by atoms with Gasteiger partial charge in [0.15, 0.2) is 4.32 Å². The molecule has 0 unspecified atom stereocenters. The van der Waals surface area contributed by atoms with Crippen LogP contribution in [0, 0.1) is 5.82 Å². The number of rotatable bonds is 3. The lowest BCUT2D eigenvalue weighted by Gasteiger charge is -2.14. The smallest absolute Gasteiger partial charge is 0.270 e. The molecule has 1 aromatic heterocycles. The molecule has 1 amide bonds. The summed E-state index contributed by atoms with van der Waals surface area (Å²) < 4.78 is 18.9. The van der Waals surface area contributed by atoms with Crippen molar-refractivity contribution in [2.45, 2.75) is 0 Å². The first-order valence-electron chi connectivity index (χ1n) is 6.39. The van der Waals surface area contributed by atoms with Crippen molar-refractivity contribution in [2.24, 2.45) is 0 Å². The third-order valence-corrected chi connectivity index (χ3v) is 4.23. The number of thiocarbonyl (C=S) groups is 1. The molecule has 1 fully saturated rings. The molecule has 0 radical (unpaired) electrons. The summed E-state index contributed by atoms with van der Waals surface area (Å²) in [5.74, 6) is 0.0230. The van der Waals surface area contributed by atoms with Crippen molar-refractivity contribution in [1.29, 1.82) is 0 Å². The Morgan fingerprint density at radius 1 is 1.27 bits per heavy atom. The van der Waals surface area contributed by atoms with Crippen molar-refractivity contribution in [2.75, 3.05) is 4.90 Å². The number of anilines is 1. The van der Waals surface area contributed by atoms with Crippen LogP contribution in [0.1, 0.15) is 5.76 Å². The van der Waals surface area contributed by atoms with Crippen LogP contribution < -0.4 is 4.90 Å². The SMILES string of the molecule is O=C1/C(=C/C=C/c2ccco2)SC(=S)N1c1cccc(F)c1. The Hall–Kier alpha value is -2.18. The lowest BCUT2D eigenvalue weighted by atomic mass is 10.3. The van der Waals surface area contributed by atoms with Gasteiger partial charge in [0, 0.05) is 0 Å². The minimum atomic E-state index is -0.409. The van der Waals surface area contributed by atoms with Gasteiger partial charge in [-0.15, -0.1) is 0 Å². The zero-order valence-electron chi connectivity index (χ0n) is 11.2. The van der Waals surface area contributed by atoms with Crippen LogP contribution in [0.2, 0.25) is 0 Å². The average molecular weight is 331 g/mol. The van der Waals surface area contributed by atoms with Gasteiger partial charge in [-0.2, -0.15) is 0 Å². The molecule has 2 heterocycles. The number of thioether (sulfide) groups is 1. The van der Waals surface area contributed by atoms with E-state index in [9.17, 15) is 9.18 Å². The van der Waals surface area contributed by atoms with Gasteiger partial charge < -0.3 is 4.42 Å². The summed E-state index contributed by atoms with van der Waals surface area (Å²) in [6.07, 6.45) is 6.70. The van der Waals surface area contributed by atoms with Gasteiger partial charge in [0.1, 0.15) is 11.6 Å². The number of carbonyl (C=O) groups excluding carboxylic acids is 1. The Balaban J connectivity index is 1.82. The quantitative estimate of drug-likeness (QED) is 0.617. The number of hydrogen-bond acceptors (Lipinski definition) is 4. The average Bonchev–Trinajstić information content (AvgIpc) is 3.08. The third kappa shape index (κ3) is 3.03. The standard InChI is InChI=1S/C16H10FNO2S2/c17-11-4-1-5-12(10-11)18-15(19)14(22-16(18)21)8-2-6-13-7-3-9-20-13/h1-10H/b6-2+,14-8-. The molecule has 0 spiro atoms. The van der Waals surface area contributed by atoms with E-state index in [1.54, 1.807) is 42.7 Å². The number of nitrogens with zero attached hydrogens (tertiary/aromatic N) is 1. The van der Waals surface area contributed by atoms with Crippen LogP contribution in [0.5, 0.6) is 0 Å². The number of amides is 1. The molecular weight excluding hydrogens is 321 g/mol. The second-order valence-corrected chi connectivity index (χ2v) is 6.07. The van der Waals surface area contributed by atoms with E-state index in [2.05, 4.69) is 0 Å². The fourth-order valence-electron chi connectivity index (χ4n) is 1.94. The van der Waals surface area contributed by atoms with Crippen molar-refractivity contribution in [3.63, 3.8) is 0 Å². The largest absolute Gasteiger partial charge is 0.465 e. The van der Waals surface area contributed by atoms with Gasteiger partial charge in [-0.3, -0.25) is 9.69 Å². The van der Waals surface area contributed by atoms with E-state index in [0.717, 1.165) is 0 Å². The second kappa shape index (κ2) is 6.29. The summed E-state index contributed by atoms with van der Waals surface area (Å²) in [5, 5.41) is 0. The Morgan fingerprint density at radius 2 is 2.14 bits per heavy atom. The highest BCUT2D eigenvalue weighted by atomic mass is 32.2. The Morgan fingerprint density at radius 3 is 2.86 bits per heavy atom. The summed E-state index contributed by atoms with van der Waals surface area (Å²) in [4.78, 5) is 14.2. The maximum atomic E-state index is 13.3. The Labute approximate surface area is 136 Å². The van der Waals surface area contributed by atoms with Crippen LogP contribution in [0.4, 0.5) is 10.1 Å². The minimum absolute atomic E-state index is 0.260. The maximum Gasteiger partial charge on any atom is 0.270 e. The zero-order valence-corrected chi connectivity index (χ0v) is 12.9. The molecule has 3 rings (SSSR count). The summed E-state index contributed by atoms with van der Waals surface area (Å²) in [5.41, 5.74) is 0.431. The molecule has 0 saturated carbocycles. The minimum Gasteiger partial charge on any atom is -0.465 e. The van der Waals surface area contributed by atoms with E-state index in [0.29, 0.717) is 20.7 Å². The molecule has 1 aliphatic heterocycles. The van der Waals surface area contributed by atoms with Gasteiger partial charge in [-0.25, -0.2) is 4.39 Å². The molecule has 1 saturated heterocycles. The van der Waals surface area contributed by atoms with E-state index in [4.69, 9.17) is 16.6 Å². The normalized spacial score (nSPS) is 17.1. The van der Waals surface area contributed by atoms with E-state index < -0.39 is 5.82 Å². The molecule has 1 aliphatic rings. The number of carbonyl (C=O) groups is 1. The van der Waals surface area contributed by atoms with Crippen LogP contribution in [0.15, 0.2) is 64.1 Å². The first-order chi connectivity index (χ1) is 10.6. The molecule has 3 nitrogen and oxygen atoms in total. The first kappa shape index (κ1) is 14.7. The molecule has 2 aromatic rings. The van der Waals surface area contributed by atoms with Crippen molar-refractivity contribution >= 4 is 46.0 Å². The molecule has 1 aromatic carbocycles. The van der Waals surface area contributed by atoms with Gasteiger partial charge in [-0.1, -0.05) is 36.1 Å². The highest BCUT2D eigenvalue weighted by molar-refractivity contribution is 8.27. The maximum absolute atomic E-state index is 13.3. The number of halogens is 1. The van der Waals surface area contributed by atoms with Gasteiger partial charge in [0.05, 0.1) is 16.9 Å². The highest BCUT2D eigenvalue weighted by Gasteiger charge is 2.32. The predicted molar refractivity (Wildman–Crippen MR) is 89.9 cm³/mol. The second-order valence-electron chi connectivity index (χ2n) is 4.39. The van der Waals surface area contributed by atoms with Crippen LogP contribution in [-0.4, -0.2) is 10.2 Å². The third-order valence-electron chi connectivity index (χ3n) is 2.91. The lowest BCUT2D eigenvalue weighted by molar-refractivity contribution is -0.113. The molecule has 6 heteroatoms. The van der Waals surface area contributed by atoms with E-state index >= 15 is 0 Å². The molecule has 22 heavy (non-hydrogen) atoms.